The zero-order valence-electron chi connectivity index (χ0n) is 9.00. The number of aromatic nitrogens is 1. The van der Waals surface area contributed by atoms with E-state index >= 15 is 0 Å². The highest BCUT2D eigenvalue weighted by molar-refractivity contribution is 7.09. The Bertz CT molecular complexity index is 496. The maximum atomic E-state index is 10.9. The summed E-state index contributed by atoms with van der Waals surface area (Å²) < 4.78 is 5.46. The van der Waals surface area contributed by atoms with Crippen LogP contribution in [-0.4, -0.2) is 16.1 Å². The van der Waals surface area contributed by atoms with Crippen molar-refractivity contribution in [1.29, 1.82) is 0 Å². The molecule has 2 aromatic rings. The minimum absolute atomic E-state index is 0.0543. The maximum Gasteiger partial charge on any atom is 0.354 e. The molecule has 0 saturated carbocycles. The van der Waals surface area contributed by atoms with Crippen molar-refractivity contribution in [3.63, 3.8) is 0 Å². The van der Waals surface area contributed by atoms with Gasteiger partial charge in [0.05, 0.1) is 13.2 Å². The van der Waals surface area contributed by atoms with E-state index < -0.39 is 5.97 Å². The lowest BCUT2D eigenvalue weighted by Crippen LogP contribution is -2.06. The molecule has 0 amide bonds. The molecule has 0 unspecified atom stereocenters. The zero-order valence-corrected chi connectivity index (χ0v) is 9.81. The van der Waals surface area contributed by atoms with Crippen molar-refractivity contribution in [1.82, 2.24) is 4.98 Å². The van der Waals surface area contributed by atoms with Crippen molar-refractivity contribution < 1.29 is 14.6 Å². The molecule has 0 atom stereocenters. The standard InChI is InChI=1S/C12H11NO3S/c14-12(15)11-9(3-1-5-13-11)7-16-8-10-4-2-6-17-10/h1-6H,7-8H2,(H,14,15). The number of carbonyl (C=O) groups is 1. The van der Waals surface area contributed by atoms with Crippen LogP contribution in [0.5, 0.6) is 0 Å². The van der Waals surface area contributed by atoms with Gasteiger partial charge in [0.2, 0.25) is 0 Å². The number of hydrogen-bond donors (Lipinski definition) is 1. The first-order valence-corrected chi connectivity index (χ1v) is 5.92. The van der Waals surface area contributed by atoms with Crippen molar-refractivity contribution in [2.75, 3.05) is 0 Å². The van der Waals surface area contributed by atoms with Gasteiger partial charge in [0, 0.05) is 16.6 Å². The topological polar surface area (TPSA) is 59.4 Å². The van der Waals surface area contributed by atoms with Crippen molar-refractivity contribution in [3.8, 4) is 0 Å². The maximum absolute atomic E-state index is 10.9. The summed E-state index contributed by atoms with van der Waals surface area (Å²) in [4.78, 5) is 15.8. The molecule has 2 rings (SSSR count). The third-order valence-corrected chi connectivity index (χ3v) is 3.03. The van der Waals surface area contributed by atoms with Crippen LogP contribution in [0.2, 0.25) is 0 Å². The smallest absolute Gasteiger partial charge is 0.354 e. The number of thiophene rings is 1. The van der Waals surface area contributed by atoms with Crippen LogP contribution in [0.15, 0.2) is 35.8 Å². The Labute approximate surface area is 103 Å². The lowest BCUT2D eigenvalue weighted by molar-refractivity contribution is 0.0677. The normalized spacial score (nSPS) is 10.4. The van der Waals surface area contributed by atoms with E-state index in [4.69, 9.17) is 9.84 Å². The number of hydrogen-bond acceptors (Lipinski definition) is 4. The fraction of sp³-hybridized carbons (Fsp3) is 0.167. The highest BCUT2D eigenvalue weighted by Crippen LogP contribution is 2.12. The zero-order chi connectivity index (χ0) is 12.1. The number of ether oxygens (including phenoxy) is 1. The highest BCUT2D eigenvalue weighted by atomic mass is 32.1. The molecule has 1 N–H and O–H groups in total. The van der Waals surface area contributed by atoms with E-state index in [1.807, 2.05) is 17.5 Å². The molecule has 88 valence electrons. The van der Waals surface area contributed by atoms with E-state index in [1.54, 1.807) is 23.5 Å². The Kier molecular flexibility index (Phi) is 3.85. The summed E-state index contributed by atoms with van der Waals surface area (Å²) in [6.45, 7) is 0.749. The Morgan fingerprint density at radius 3 is 2.94 bits per heavy atom. The summed E-state index contributed by atoms with van der Waals surface area (Å²) >= 11 is 1.61. The molecule has 2 aromatic heterocycles. The van der Waals surface area contributed by atoms with Crippen LogP contribution >= 0.6 is 11.3 Å². The second kappa shape index (κ2) is 5.56. The fourth-order valence-corrected chi connectivity index (χ4v) is 2.04. The minimum Gasteiger partial charge on any atom is -0.477 e. The number of pyridine rings is 1. The van der Waals surface area contributed by atoms with E-state index in [-0.39, 0.29) is 12.3 Å². The van der Waals surface area contributed by atoms with Gasteiger partial charge in [0.25, 0.3) is 0 Å². The van der Waals surface area contributed by atoms with Crippen LogP contribution in [0.1, 0.15) is 20.9 Å². The average Bonchev–Trinajstić information content (AvgIpc) is 2.82. The van der Waals surface area contributed by atoms with Crippen molar-refractivity contribution >= 4 is 17.3 Å². The first-order chi connectivity index (χ1) is 8.27. The first-order valence-electron chi connectivity index (χ1n) is 5.04. The minimum atomic E-state index is -1.03. The second-order valence-corrected chi connectivity index (χ2v) is 4.42. The molecule has 0 saturated heterocycles. The van der Waals surface area contributed by atoms with Gasteiger partial charge in [-0.2, -0.15) is 0 Å². The molecule has 0 aromatic carbocycles. The summed E-state index contributed by atoms with van der Waals surface area (Å²) in [5.41, 5.74) is 0.648. The van der Waals surface area contributed by atoms with Crippen LogP contribution in [-0.2, 0) is 18.0 Å². The van der Waals surface area contributed by atoms with E-state index in [9.17, 15) is 4.79 Å². The van der Waals surface area contributed by atoms with E-state index in [0.29, 0.717) is 12.2 Å². The predicted molar refractivity (Wildman–Crippen MR) is 64.0 cm³/mol. The largest absolute Gasteiger partial charge is 0.477 e. The van der Waals surface area contributed by atoms with Gasteiger partial charge in [-0.25, -0.2) is 9.78 Å². The third-order valence-electron chi connectivity index (χ3n) is 2.18. The lowest BCUT2D eigenvalue weighted by atomic mass is 10.2. The van der Waals surface area contributed by atoms with E-state index in [2.05, 4.69) is 4.98 Å². The molecule has 2 heterocycles. The average molecular weight is 249 g/mol. The van der Waals surface area contributed by atoms with Crippen LogP contribution in [0.25, 0.3) is 0 Å². The van der Waals surface area contributed by atoms with Crippen molar-refractivity contribution in [2.45, 2.75) is 13.2 Å². The van der Waals surface area contributed by atoms with Crippen molar-refractivity contribution in [3.05, 3.63) is 52.0 Å². The highest BCUT2D eigenvalue weighted by Gasteiger charge is 2.10. The van der Waals surface area contributed by atoms with Gasteiger partial charge in [-0.1, -0.05) is 12.1 Å². The molecule has 0 radical (unpaired) electrons. The summed E-state index contributed by atoms with van der Waals surface area (Å²) in [5.74, 6) is -1.03. The molecule has 17 heavy (non-hydrogen) atoms. The molecule has 4 nitrogen and oxygen atoms in total. The summed E-state index contributed by atoms with van der Waals surface area (Å²) in [6.07, 6.45) is 1.46. The predicted octanol–water partition coefficient (Wildman–Crippen LogP) is 2.56. The van der Waals surface area contributed by atoms with Gasteiger partial charge in [-0.05, 0) is 17.5 Å². The quantitative estimate of drug-likeness (QED) is 0.884. The molecule has 0 aliphatic carbocycles. The fourth-order valence-electron chi connectivity index (χ4n) is 1.40. The summed E-state index contributed by atoms with van der Waals surface area (Å²) in [6, 6.07) is 7.35. The molecule has 0 aliphatic heterocycles. The van der Waals surface area contributed by atoms with Crippen LogP contribution in [0, 0.1) is 0 Å². The van der Waals surface area contributed by atoms with Gasteiger partial charge >= 0.3 is 5.97 Å². The molecule has 0 aliphatic rings. The van der Waals surface area contributed by atoms with E-state index in [0.717, 1.165) is 4.88 Å². The van der Waals surface area contributed by atoms with E-state index in [1.165, 1.54) is 6.20 Å². The Hall–Kier alpha value is -1.72. The monoisotopic (exact) mass is 249 g/mol. The van der Waals surface area contributed by atoms with Crippen LogP contribution in [0.4, 0.5) is 0 Å². The van der Waals surface area contributed by atoms with Crippen LogP contribution < -0.4 is 0 Å². The number of nitrogens with zero attached hydrogens (tertiary/aromatic N) is 1. The Morgan fingerprint density at radius 1 is 1.35 bits per heavy atom. The molecular formula is C12H11NO3S. The lowest BCUT2D eigenvalue weighted by Gasteiger charge is -2.05. The van der Waals surface area contributed by atoms with Gasteiger partial charge in [-0.15, -0.1) is 11.3 Å². The molecular weight excluding hydrogens is 238 g/mol. The molecule has 5 heteroatoms. The van der Waals surface area contributed by atoms with Gasteiger partial charge < -0.3 is 9.84 Å². The molecule has 0 fully saturated rings. The Morgan fingerprint density at radius 2 is 2.24 bits per heavy atom. The Balaban J connectivity index is 1.97. The third kappa shape index (κ3) is 3.12. The van der Waals surface area contributed by atoms with Gasteiger partial charge in [-0.3, -0.25) is 0 Å². The number of carboxylic acid groups (broad SMARTS) is 1. The molecule has 0 bridgehead atoms. The second-order valence-electron chi connectivity index (χ2n) is 3.39. The van der Waals surface area contributed by atoms with Crippen LogP contribution in [0.3, 0.4) is 0 Å². The SMILES string of the molecule is O=C(O)c1ncccc1COCc1cccs1. The number of rotatable bonds is 5. The molecule has 0 spiro atoms. The van der Waals surface area contributed by atoms with Gasteiger partial charge in [0.15, 0.2) is 5.69 Å². The number of aromatic carboxylic acids is 1. The van der Waals surface area contributed by atoms with Gasteiger partial charge in [0.1, 0.15) is 0 Å². The first kappa shape index (κ1) is 11.8. The number of carboxylic acids is 1. The summed E-state index contributed by atoms with van der Waals surface area (Å²) in [7, 11) is 0. The van der Waals surface area contributed by atoms with Crippen molar-refractivity contribution in [2.24, 2.45) is 0 Å². The summed E-state index contributed by atoms with van der Waals surface area (Å²) in [5, 5.41) is 10.9.